The van der Waals surface area contributed by atoms with Gasteiger partial charge >= 0.3 is 11.9 Å². The van der Waals surface area contributed by atoms with E-state index in [0.29, 0.717) is 31.3 Å². The van der Waals surface area contributed by atoms with E-state index in [4.69, 9.17) is 14.2 Å². The van der Waals surface area contributed by atoms with Crippen molar-refractivity contribution in [3.05, 3.63) is 0 Å². The van der Waals surface area contributed by atoms with Gasteiger partial charge < -0.3 is 14.2 Å². The molecule has 0 spiro atoms. The molecule has 5 rings (SSSR count). The molecule has 0 N–H and O–H groups in total. The molecule has 0 aromatic rings. The fraction of sp³-hybridized carbons (Fsp3) is 0.926. The van der Waals surface area contributed by atoms with Gasteiger partial charge in [-0.25, -0.2) is 0 Å². The highest BCUT2D eigenvalue weighted by molar-refractivity contribution is 5.76. The predicted molar refractivity (Wildman–Crippen MR) is 123 cm³/mol. The zero-order chi connectivity index (χ0) is 23.0. The average Bonchev–Trinajstić information content (AvgIpc) is 2.70. The number of rotatable bonds is 9. The Hall–Kier alpha value is -1.10. The standard InChI is InChI=1S/C27H44O5/c1-5-24(2,3)23(29)32-27-17-20-14-21(18-27)16-26(15-20,19-27)30-13-9-10-22(28)31-25(4)11-7-6-8-12-25/h20-21H,5-19H2,1-4H3. The van der Waals surface area contributed by atoms with Gasteiger partial charge in [0, 0.05) is 19.4 Å². The first-order chi connectivity index (χ1) is 15.1. The van der Waals surface area contributed by atoms with Crippen molar-refractivity contribution in [2.24, 2.45) is 17.3 Å². The van der Waals surface area contributed by atoms with Crippen LogP contribution in [0.5, 0.6) is 0 Å². The van der Waals surface area contributed by atoms with Crippen molar-refractivity contribution in [1.82, 2.24) is 0 Å². The van der Waals surface area contributed by atoms with Crippen molar-refractivity contribution in [2.75, 3.05) is 6.61 Å². The van der Waals surface area contributed by atoms with E-state index in [1.54, 1.807) is 0 Å². The van der Waals surface area contributed by atoms with Crippen LogP contribution < -0.4 is 0 Å². The van der Waals surface area contributed by atoms with Crippen LogP contribution in [-0.2, 0) is 23.8 Å². The summed E-state index contributed by atoms with van der Waals surface area (Å²) in [7, 11) is 0. The molecule has 2 unspecified atom stereocenters. The van der Waals surface area contributed by atoms with Gasteiger partial charge in [-0.3, -0.25) is 9.59 Å². The van der Waals surface area contributed by atoms with Crippen LogP contribution in [0.4, 0.5) is 0 Å². The van der Waals surface area contributed by atoms with E-state index in [1.807, 2.05) is 20.8 Å². The molecule has 4 bridgehead atoms. The molecule has 5 saturated carbocycles. The van der Waals surface area contributed by atoms with Gasteiger partial charge in [0.15, 0.2) is 0 Å². The summed E-state index contributed by atoms with van der Waals surface area (Å²) in [5, 5.41) is 0. The Bertz CT molecular complexity index is 691. The van der Waals surface area contributed by atoms with Crippen molar-refractivity contribution in [2.45, 2.75) is 134 Å². The summed E-state index contributed by atoms with van der Waals surface area (Å²) in [4.78, 5) is 25.3. The van der Waals surface area contributed by atoms with E-state index in [1.165, 1.54) is 12.8 Å². The van der Waals surface area contributed by atoms with Crippen LogP contribution in [0.25, 0.3) is 0 Å². The molecule has 0 aliphatic heterocycles. The summed E-state index contributed by atoms with van der Waals surface area (Å²) >= 11 is 0. The van der Waals surface area contributed by atoms with Crippen molar-refractivity contribution >= 4 is 11.9 Å². The minimum atomic E-state index is -0.438. The highest BCUT2D eigenvalue weighted by Gasteiger charge is 2.60. The van der Waals surface area contributed by atoms with Gasteiger partial charge in [0.25, 0.3) is 0 Å². The first-order valence-corrected chi connectivity index (χ1v) is 13.2. The molecule has 5 aliphatic carbocycles. The molecular formula is C27H44O5. The zero-order valence-electron chi connectivity index (χ0n) is 20.8. The van der Waals surface area contributed by atoms with E-state index in [0.717, 1.165) is 64.2 Å². The molecule has 0 amide bonds. The van der Waals surface area contributed by atoms with Crippen molar-refractivity contribution in [3.8, 4) is 0 Å². The van der Waals surface area contributed by atoms with Gasteiger partial charge in [-0.2, -0.15) is 0 Å². The third-order valence-corrected chi connectivity index (χ3v) is 8.90. The summed E-state index contributed by atoms with van der Waals surface area (Å²) in [5.41, 5.74) is -1.23. The predicted octanol–water partition coefficient (Wildman–Crippen LogP) is 6.12. The summed E-state index contributed by atoms with van der Waals surface area (Å²) < 4.78 is 18.6. The maximum absolute atomic E-state index is 12.9. The second-order valence-corrected chi connectivity index (χ2v) is 12.4. The van der Waals surface area contributed by atoms with E-state index in [9.17, 15) is 9.59 Å². The monoisotopic (exact) mass is 448 g/mol. The van der Waals surface area contributed by atoms with Gasteiger partial charge in [-0.1, -0.05) is 13.3 Å². The van der Waals surface area contributed by atoms with Crippen LogP contribution in [-0.4, -0.2) is 35.3 Å². The van der Waals surface area contributed by atoms with Crippen LogP contribution in [0, 0.1) is 17.3 Å². The average molecular weight is 449 g/mol. The molecule has 5 nitrogen and oxygen atoms in total. The lowest BCUT2D eigenvalue weighted by molar-refractivity contribution is -0.238. The van der Waals surface area contributed by atoms with Crippen molar-refractivity contribution in [1.29, 1.82) is 0 Å². The van der Waals surface area contributed by atoms with Crippen LogP contribution in [0.2, 0.25) is 0 Å². The molecule has 0 radical (unpaired) electrons. The molecular weight excluding hydrogens is 404 g/mol. The number of ether oxygens (including phenoxy) is 3. The number of carbonyl (C=O) groups is 2. The molecule has 5 heteroatoms. The van der Waals surface area contributed by atoms with E-state index >= 15 is 0 Å². The largest absolute Gasteiger partial charge is 0.459 e. The molecule has 5 aliphatic rings. The van der Waals surface area contributed by atoms with E-state index < -0.39 is 5.41 Å². The molecule has 5 fully saturated rings. The Labute approximate surface area is 194 Å². The Morgan fingerprint density at radius 2 is 1.56 bits per heavy atom. The van der Waals surface area contributed by atoms with Gasteiger partial charge in [-0.05, 0) is 103 Å². The highest BCUT2D eigenvalue weighted by atomic mass is 16.6. The van der Waals surface area contributed by atoms with Crippen LogP contribution >= 0.6 is 0 Å². The van der Waals surface area contributed by atoms with Crippen LogP contribution in [0.15, 0.2) is 0 Å². The number of hydrogen-bond acceptors (Lipinski definition) is 5. The first kappa shape index (κ1) is 24.0. The molecule has 0 aromatic carbocycles. The SMILES string of the molecule is CCC(C)(C)C(=O)OC12CC3CC(CC(OCCCC(=O)OC4(C)CCCCC4)(C3)C1)C2. The number of hydrogen-bond donors (Lipinski definition) is 0. The van der Waals surface area contributed by atoms with Gasteiger partial charge in [0.05, 0.1) is 11.0 Å². The molecule has 32 heavy (non-hydrogen) atoms. The maximum atomic E-state index is 12.9. The minimum absolute atomic E-state index is 0.0592. The maximum Gasteiger partial charge on any atom is 0.312 e. The molecule has 0 aromatic heterocycles. The second kappa shape index (κ2) is 8.92. The summed E-state index contributed by atoms with van der Waals surface area (Å²) in [6.45, 7) is 8.67. The summed E-state index contributed by atoms with van der Waals surface area (Å²) in [6, 6.07) is 0. The third-order valence-electron chi connectivity index (χ3n) is 8.90. The fourth-order valence-electron chi connectivity index (χ4n) is 7.10. The quantitative estimate of drug-likeness (QED) is 0.314. The van der Waals surface area contributed by atoms with Gasteiger partial charge in [-0.15, -0.1) is 0 Å². The van der Waals surface area contributed by atoms with Crippen molar-refractivity contribution < 1.29 is 23.8 Å². The topological polar surface area (TPSA) is 61.8 Å². The molecule has 182 valence electrons. The number of esters is 2. The Kier molecular flexibility index (Phi) is 6.70. The zero-order valence-corrected chi connectivity index (χ0v) is 20.8. The molecule has 0 heterocycles. The second-order valence-electron chi connectivity index (χ2n) is 12.4. The van der Waals surface area contributed by atoms with Crippen LogP contribution in [0.1, 0.15) is 118 Å². The smallest absolute Gasteiger partial charge is 0.312 e. The lowest BCUT2D eigenvalue weighted by Crippen LogP contribution is -2.62. The Balaban J connectivity index is 1.29. The minimum Gasteiger partial charge on any atom is -0.459 e. The van der Waals surface area contributed by atoms with Gasteiger partial charge in [0.2, 0.25) is 0 Å². The Morgan fingerprint density at radius 1 is 0.938 bits per heavy atom. The Morgan fingerprint density at radius 3 is 2.19 bits per heavy atom. The lowest BCUT2D eigenvalue weighted by atomic mass is 9.52. The fourth-order valence-corrected chi connectivity index (χ4v) is 7.10. The summed E-state index contributed by atoms with van der Waals surface area (Å²) in [5.74, 6) is 1.03. The number of carbonyl (C=O) groups excluding carboxylic acids is 2. The first-order valence-electron chi connectivity index (χ1n) is 13.2. The van der Waals surface area contributed by atoms with E-state index in [-0.39, 0.29) is 28.7 Å². The molecule has 2 atom stereocenters. The normalized spacial score (nSPS) is 35.5. The van der Waals surface area contributed by atoms with Crippen molar-refractivity contribution in [3.63, 3.8) is 0 Å². The third kappa shape index (κ3) is 5.18. The lowest BCUT2D eigenvalue weighted by Gasteiger charge is -2.61. The highest BCUT2D eigenvalue weighted by Crippen LogP contribution is 2.60. The molecule has 0 saturated heterocycles. The van der Waals surface area contributed by atoms with E-state index in [2.05, 4.69) is 6.92 Å². The van der Waals surface area contributed by atoms with Crippen LogP contribution in [0.3, 0.4) is 0 Å². The summed E-state index contributed by atoms with van der Waals surface area (Å²) in [6.07, 6.45) is 13.6. The van der Waals surface area contributed by atoms with Gasteiger partial charge in [0.1, 0.15) is 11.2 Å².